The molecule has 0 radical (unpaired) electrons. The zero-order valence-corrected chi connectivity index (χ0v) is 8.98. The van der Waals surface area contributed by atoms with Gasteiger partial charge in [-0.15, -0.1) is 0 Å². The van der Waals surface area contributed by atoms with Gasteiger partial charge in [0.15, 0.2) is 6.23 Å². The third-order valence-electron chi connectivity index (χ3n) is 1.93. The van der Waals surface area contributed by atoms with Crippen molar-refractivity contribution in [2.45, 2.75) is 44.8 Å². The minimum Gasteiger partial charge on any atom is -0.447 e. The minimum absolute atomic E-state index is 0.253. The molecule has 4 N–H and O–H groups in total. The summed E-state index contributed by atoms with van der Waals surface area (Å²) in [5.74, 6) is -0.336. The van der Waals surface area contributed by atoms with E-state index in [-0.39, 0.29) is 12.4 Å². The van der Waals surface area contributed by atoms with Crippen molar-refractivity contribution in [1.82, 2.24) is 0 Å². The van der Waals surface area contributed by atoms with Crippen LogP contribution in [0.5, 0.6) is 0 Å². The number of hydrogen-bond acceptors (Lipinski definition) is 5. The molecule has 0 bridgehead atoms. The van der Waals surface area contributed by atoms with E-state index in [9.17, 15) is 9.59 Å². The van der Waals surface area contributed by atoms with Gasteiger partial charge < -0.3 is 15.3 Å². The van der Waals surface area contributed by atoms with Crippen LogP contribution in [0.1, 0.15) is 38.5 Å². The molecule has 5 heteroatoms. The van der Waals surface area contributed by atoms with E-state index in [1.807, 2.05) is 0 Å². The highest BCUT2D eigenvalue weighted by molar-refractivity contribution is 5.69. The fourth-order valence-corrected chi connectivity index (χ4v) is 1.11. The van der Waals surface area contributed by atoms with Gasteiger partial charge in [-0.1, -0.05) is 0 Å². The van der Waals surface area contributed by atoms with Crippen LogP contribution in [0.2, 0.25) is 0 Å². The Morgan fingerprint density at radius 1 is 1.33 bits per heavy atom. The lowest BCUT2D eigenvalue weighted by Crippen LogP contribution is -2.27. The Balaban J connectivity index is 3.44. The molecule has 0 spiro atoms. The summed E-state index contributed by atoms with van der Waals surface area (Å²) in [6.45, 7) is 0.625. The molecule has 0 aliphatic rings. The van der Waals surface area contributed by atoms with Crippen molar-refractivity contribution >= 4 is 12.3 Å². The Kier molecular flexibility index (Phi) is 9.01. The first kappa shape index (κ1) is 14.1. The molecule has 0 aliphatic carbocycles. The topological polar surface area (TPSA) is 95.4 Å². The van der Waals surface area contributed by atoms with Gasteiger partial charge in [-0.25, -0.2) is 0 Å². The fourth-order valence-electron chi connectivity index (χ4n) is 1.11. The van der Waals surface area contributed by atoms with Crippen LogP contribution in [0.4, 0.5) is 0 Å². The van der Waals surface area contributed by atoms with Crippen LogP contribution in [0, 0.1) is 0 Å². The number of esters is 1. The molecule has 0 saturated heterocycles. The number of unbranched alkanes of at least 4 members (excludes halogenated alkanes) is 2. The highest BCUT2D eigenvalue weighted by Gasteiger charge is 2.08. The first-order valence-electron chi connectivity index (χ1n) is 5.29. The first-order chi connectivity index (χ1) is 7.20. The van der Waals surface area contributed by atoms with Gasteiger partial charge in [0.2, 0.25) is 0 Å². The molecule has 0 saturated carbocycles. The van der Waals surface area contributed by atoms with Crippen molar-refractivity contribution in [3.05, 3.63) is 0 Å². The molecule has 0 heterocycles. The lowest BCUT2D eigenvalue weighted by molar-refractivity contribution is -0.149. The number of rotatable bonds is 9. The number of ether oxygens (including phenoxy) is 1. The molecule has 0 rings (SSSR count). The lowest BCUT2D eigenvalue weighted by atomic mass is 10.2. The molecule has 0 aliphatic heterocycles. The van der Waals surface area contributed by atoms with E-state index in [0.717, 1.165) is 19.1 Å². The first-order valence-corrected chi connectivity index (χ1v) is 5.29. The van der Waals surface area contributed by atoms with Gasteiger partial charge in [0.1, 0.15) is 6.29 Å². The van der Waals surface area contributed by atoms with Crippen LogP contribution in [-0.4, -0.2) is 25.0 Å². The predicted molar refractivity (Wildman–Crippen MR) is 56.9 cm³/mol. The molecule has 1 atom stereocenters. The second-order valence-corrected chi connectivity index (χ2v) is 3.37. The maximum atomic E-state index is 11.1. The Morgan fingerprint density at radius 3 is 2.67 bits per heavy atom. The molecule has 0 amide bonds. The van der Waals surface area contributed by atoms with Crippen molar-refractivity contribution in [2.75, 3.05) is 6.54 Å². The average molecular weight is 216 g/mol. The Morgan fingerprint density at radius 2 is 2.07 bits per heavy atom. The summed E-state index contributed by atoms with van der Waals surface area (Å²) in [6.07, 6.45) is 3.79. The number of nitrogens with two attached hydrogens (primary N) is 2. The third-order valence-corrected chi connectivity index (χ3v) is 1.93. The number of aldehydes is 1. The highest BCUT2D eigenvalue weighted by atomic mass is 16.6. The summed E-state index contributed by atoms with van der Waals surface area (Å²) in [5, 5.41) is 0. The molecule has 1 unspecified atom stereocenters. The summed E-state index contributed by atoms with van der Waals surface area (Å²) >= 11 is 0. The Labute approximate surface area is 90.1 Å². The summed E-state index contributed by atoms with van der Waals surface area (Å²) in [7, 11) is 0. The molecule has 5 nitrogen and oxygen atoms in total. The average Bonchev–Trinajstić information content (AvgIpc) is 2.18. The van der Waals surface area contributed by atoms with E-state index in [4.69, 9.17) is 16.2 Å². The van der Waals surface area contributed by atoms with Crippen LogP contribution in [0.15, 0.2) is 0 Å². The highest BCUT2D eigenvalue weighted by Crippen LogP contribution is 2.02. The monoisotopic (exact) mass is 216 g/mol. The Bertz CT molecular complexity index is 186. The van der Waals surface area contributed by atoms with Gasteiger partial charge >= 0.3 is 5.97 Å². The van der Waals surface area contributed by atoms with Gasteiger partial charge in [-0.05, 0) is 32.2 Å². The summed E-state index contributed by atoms with van der Waals surface area (Å²) in [6, 6.07) is 0. The van der Waals surface area contributed by atoms with Gasteiger partial charge in [0.25, 0.3) is 0 Å². The van der Waals surface area contributed by atoms with E-state index < -0.39 is 6.23 Å². The van der Waals surface area contributed by atoms with E-state index in [2.05, 4.69) is 0 Å². The van der Waals surface area contributed by atoms with Crippen molar-refractivity contribution in [1.29, 1.82) is 0 Å². The number of hydrogen-bond donors (Lipinski definition) is 2. The minimum atomic E-state index is -0.541. The standard InChI is InChI=1S/C10H20N2O3/c11-7-3-1-5-9(12)15-10(14)6-2-4-8-13/h8-9H,1-7,11-12H2. The van der Waals surface area contributed by atoms with Crippen LogP contribution < -0.4 is 11.5 Å². The smallest absolute Gasteiger partial charge is 0.307 e. The maximum Gasteiger partial charge on any atom is 0.307 e. The van der Waals surface area contributed by atoms with Crippen molar-refractivity contribution in [3.8, 4) is 0 Å². The summed E-state index contributed by atoms with van der Waals surface area (Å²) in [4.78, 5) is 21.1. The van der Waals surface area contributed by atoms with E-state index >= 15 is 0 Å². The molecule has 15 heavy (non-hydrogen) atoms. The van der Waals surface area contributed by atoms with Crippen LogP contribution in [0.3, 0.4) is 0 Å². The maximum absolute atomic E-state index is 11.1. The molecule has 0 aromatic heterocycles. The quantitative estimate of drug-likeness (QED) is 0.250. The lowest BCUT2D eigenvalue weighted by Gasteiger charge is -2.12. The van der Waals surface area contributed by atoms with Gasteiger partial charge in [-0.2, -0.15) is 0 Å². The van der Waals surface area contributed by atoms with Gasteiger partial charge in [-0.3, -0.25) is 10.5 Å². The second kappa shape index (κ2) is 9.61. The molecular formula is C10H20N2O3. The van der Waals surface area contributed by atoms with Crippen molar-refractivity contribution < 1.29 is 14.3 Å². The molecule has 88 valence electrons. The zero-order valence-electron chi connectivity index (χ0n) is 8.98. The SMILES string of the molecule is NCCCCC(N)OC(=O)CCCC=O. The molecule has 0 aromatic carbocycles. The van der Waals surface area contributed by atoms with Crippen LogP contribution >= 0.6 is 0 Å². The van der Waals surface area contributed by atoms with Crippen LogP contribution in [0.25, 0.3) is 0 Å². The third kappa shape index (κ3) is 9.37. The Hall–Kier alpha value is -0.940. The zero-order chi connectivity index (χ0) is 11.5. The summed E-state index contributed by atoms with van der Waals surface area (Å²) in [5.41, 5.74) is 10.9. The van der Waals surface area contributed by atoms with E-state index in [1.54, 1.807) is 0 Å². The van der Waals surface area contributed by atoms with Crippen molar-refractivity contribution in [3.63, 3.8) is 0 Å². The van der Waals surface area contributed by atoms with Crippen LogP contribution in [-0.2, 0) is 14.3 Å². The second-order valence-electron chi connectivity index (χ2n) is 3.37. The van der Waals surface area contributed by atoms with Crippen molar-refractivity contribution in [2.24, 2.45) is 11.5 Å². The fraction of sp³-hybridized carbons (Fsp3) is 0.800. The molecule has 0 fully saturated rings. The normalized spacial score (nSPS) is 12.1. The van der Waals surface area contributed by atoms with Gasteiger partial charge in [0.05, 0.1) is 0 Å². The van der Waals surface area contributed by atoms with E-state index in [0.29, 0.717) is 25.8 Å². The number of carbonyl (C=O) groups is 2. The largest absolute Gasteiger partial charge is 0.447 e. The van der Waals surface area contributed by atoms with E-state index in [1.165, 1.54) is 0 Å². The molecular weight excluding hydrogens is 196 g/mol. The number of carbonyl (C=O) groups excluding carboxylic acids is 2. The van der Waals surface area contributed by atoms with Gasteiger partial charge in [0, 0.05) is 12.8 Å². The molecule has 0 aromatic rings. The summed E-state index contributed by atoms with van der Waals surface area (Å²) < 4.78 is 4.93. The predicted octanol–water partition coefficient (Wildman–Crippen LogP) is 0.313.